The quantitative estimate of drug-likeness (QED) is 0.281. The molecule has 0 aliphatic heterocycles. The molecule has 0 saturated carbocycles. The molecule has 60 valence electrons. The summed E-state index contributed by atoms with van der Waals surface area (Å²) in [6, 6.07) is 9.97. The van der Waals surface area contributed by atoms with Crippen LogP contribution in [0.1, 0.15) is 0 Å². The molecule has 13 heavy (non-hydrogen) atoms. The first-order valence-electron chi connectivity index (χ1n) is 3.40. The molecule has 1 aromatic heterocycles. The van der Waals surface area contributed by atoms with Crippen LogP contribution in [-0.2, 0) is 0 Å². The number of benzene rings is 1. The average molecular weight is 279 g/mol. The van der Waals surface area contributed by atoms with Gasteiger partial charge in [-0.05, 0) is 5.52 Å². The van der Waals surface area contributed by atoms with Crippen molar-refractivity contribution in [1.29, 1.82) is 0 Å². The van der Waals surface area contributed by atoms with E-state index in [1.54, 1.807) is 6.07 Å². The summed E-state index contributed by atoms with van der Waals surface area (Å²) in [5.41, 5.74) is 0.781. The second-order valence-corrected chi connectivity index (χ2v) is 3.38. The van der Waals surface area contributed by atoms with Crippen LogP contribution in [0.3, 0.4) is 0 Å². The fraction of sp³-hybridized carbons (Fsp3) is 0. The Labute approximate surface area is 101 Å². The van der Waals surface area contributed by atoms with Crippen molar-refractivity contribution in [3.8, 4) is 0 Å². The Morgan fingerprint density at radius 3 is 2.77 bits per heavy atom. The maximum absolute atomic E-state index is 12.9. The summed E-state index contributed by atoms with van der Waals surface area (Å²) in [6.07, 6.45) is 0. The summed E-state index contributed by atoms with van der Waals surface area (Å²) >= 11 is 1.86. The fourth-order valence-electron chi connectivity index (χ4n) is 1.00. The van der Waals surface area contributed by atoms with E-state index in [-0.39, 0.29) is 24.7 Å². The SMILES string of the molecule is Fc1[c-]c2ccccc2nc1I.[Li+]. The molecule has 0 bridgehead atoms. The van der Waals surface area contributed by atoms with E-state index in [1.807, 2.05) is 40.8 Å². The van der Waals surface area contributed by atoms with Gasteiger partial charge in [0.15, 0.2) is 0 Å². The molecule has 0 amide bonds. The Hall–Kier alpha value is -0.113. The van der Waals surface area contributed by atoms with Gasteiger partial charge in [0, 0.05) is 0 Å². The molecular weight excluding hydrogens is 275 g/mol. The van der Waals surface area contributed by atoms with Crippen LogP contribution in [0.2, 0.25) is 0 Å². The number of hydrogen-bond acceptors (Lipinski definition) is 1. The maximum atomic E-state index is 12.9. The first kappa shape index (κ1) is 11.0. The van der Waals surface area contributed by atoms with Gasteiger partial charge in [-0.15, -0.1) is 23.6 Å². The van der Waals surface area contributed by atoms with Crippen LogP contribution in [0.15, 0.2) is 24.3 Å². The first-order chi connectivity index (χ1) is 5.77. The Balaban J connectivity index is 0.000000845. The van der Waals surface area contributed by atoms with Crippen molar-refractivity contribution in [2.24, 2.45) is 0 Å². The Kier molecular flexibility index (Phi) is 3.71. The predicted octanol–water partition coefficient (Wildman–Crippen LogP) is -0.217. The molecule has 0 fully saturated rings. The molecule has 0 radical (unpaired) electrons. The van der Waals surface area contributed by atoms with Crippen LogP contribution in [0.25, 0.3) is 10.9 Å². The van der Waals surface area contributed by atoms with Gasteiger partial charge in [0.25, 0.3) is 0 Å². The van der Waals surface area contributed by atoms with E-state index in [2.05, 4.69) is 11.1 Å². The number of aromatic nitrogens is 1. The molecule has 2 rings (SSSR count). The van der Waals surface area contributed by atoms with Crippen molar-refractivity contribution >= 4 is 33.5 Å². The van der Waals surface area contributed by atoms with Crippen LogP contribution in [0.4, 0.5) is 4.39 Å². The van der Waals surface area contributed by atoms with Crippen LogP contribution >= 0.6 is 22.6 Å². The molecular formula is C9H4FILiN. The monoisotopic (exact) mass is 279 g/mol. The molecule has 1 aromatic carbocycles. The normalized spacial score (nSPS) is 9.69. The summed E-state index contributed by atoms with van der Waals surface area (Å²) in [4.78, 5) is 4.06. The standard InChI is InChI=1S/C9H4FIN.Li/c10-7-5-6-3-1-2-4-8(6)12-9(7)11;/h1-4H;/q-1;+1. The third-order valence-corrected chi connectivity index (χ3v) is 2.26. The van der Waals surface area contributed by atoms with Gasteiger partial charge in [-0.25, -0.2) is 4.39 Å². The second kappa shape index (κ2) is 4.40. The van der Waals surface area contributed by atoms with Gasteiger partial charge in [0.1, 0.15) is 0 Å². The minimum absolute atomic E-state index is 0. The van der Waals surface area contributed by atoms with Gasteiger partial charge < -0.3 is 4.98 Å². The van der Waals surface area contributed by atoms with E-state index >= 15 is 0 Å². The summed E-state index contributed by atoms with van der Waals surface area (Å²) in [5, 5.41) is 0.718. The van der Waals surface area contributed by atoms with Gasteiger partial charge in [-0.2, -0.15) is 0 Å². The van der Waals surface area contributed by atoms with Gasteiger partial charge in [-0.1, -0.05) is 34.7 Å². The minimum atomic E-state index is -0.380. The van der Waals surface area contributed by atoms with Gasteiger partial charge in [0.05, 0.1) is 9.52 Å². The van der Waals surface area contributed by atoms with Crippen LogP contribution in [0, 0.1) is 15.6 Å². The summed E-state index contributed by atoms with van der Waals surface area (Å²) in [5.74, 6) is -0.380. The molecule has 0 aliphatic carbocycles. The molecule has 0 saturated heterocycles. The molecule has 0 atom stereocenters. The molecule has 0 aliphatic rings. The van der Waals surface area contributed by atoms with Crippen molar-refractivity contribution < 1.29 is 23.3 Å². The Morgan fingerprint density at radius 2 is 2.00 bits per heavy atom. The van der Waals surface area contributed by atoms with E-state index in [1.165, 1.54) is 0 Å². The third-order valence-electron chi connectivity index (χ3n) is 1.55. The third kappa shape index (κ3) is 2.22. The smallest absolute Gasteiger partial charge is 0.335 e. The van der Waals surface area contributed by atoms with Crippen molar-refractivity contribution in [3.05, 3.63) is 39.8 Å². The predicted molar refractivity (Wildman–Crippen MR) is 53.3 cm³/mol. The van der Waals surface area contributed by atoms with Crippen LogP contribution in [0.5, 0.6) is 0 Å². The fourth-order valence-corrected chi connectivity index (χ4v) is 1.40. The Morgan fingerprint density at radius 1 is 1.31 bits per heavy atom. The molecule has 1 nitrogen and oxygen atoms in total. The molecule has 0 spiro atoms. The van der Waals surface area contributed by atoms with E-state index in [0.717, 1.165) is 10.9 Å². The van der Waals surface area contributed by atoms with Gasteiger partial charge >= 0.3 is 18.9 Å². The van der Waals surface area contributed by atoms with Crippen molar-refractivity contribution in [3.63, 3.8) is 0 Å². The number of pyridine rings is 1. The topological polar surface area (TPSA) is 12.9 Å². The van der Waals surface area contributed by atoms with E-state index in [4.69, 9.17) is 0 Å². The van der Waals surface area contributed by atoms with Crippen molar-refractivity contribution in [1.82, 2.24) is 4.98 Å². The largest absolute Gasteiger partial charge is 1.00 e. The molecule has 2 aromatic rings. The van der Waals surface area contributed by atoms with Gasteiger partial charge in [-0.3, -0.25) is 0 Å². The average Bonchev–Trinajstić information content (AvgIpc) is 2.07. The summed E-state index contributed by atoms with van der Waals surface area (Å²) < 4.78 is 13.3. The zero-order valence-electron chi connectivity index (χ0n) is 7.01. The molecule has 0 N–H and O–H groups in total. The number of fused-ring (bicyclic) bond motifs is 1. The van der Waals surface area contributed by atoms with E-state index in [0.29, 0.717) is 3.70 Å². The molecule has 0 unspecified atom stereocenters. The van der Waals surface area contributed by atoms with Crippen LogP contribution < -0.4 is 18.9 Å². The number of halogens is 2. The molecule has 1 heterocycles. The number of rotatable bonds is 0. The van der Waals surface area contributed by atoms with Crippen molar-refractivity contribution in [2.75, 3.05) is 0 Å². The molecule has 4 heteroatoms. The summed E-state index contributed by atoms with van der Waals surface area (Å²) in [6.45, 7) is 0. The van der Waals surface area contributed by atoms with E-state index in [9.17, 15) is 4.39 Å². The summed E-state index contributed by atoms with van der Waals surface area (Å²) in [7, 11) is 0. The van der Waals surface area contributed by atoms with Crippen LogP contribution in [-0.4, -0.2) is 4.98 Å². The zero-order valence-corrected chi connectivity index (χ0v) is 9.17. The van der Waals surface area contributed by atoms with Crippen molar-refractivity contribution in [2.45, 2.75) is 0 Å². The number of nitrogens with zero attached hydrogens (tertiary/aromatic N) is 1. The maximum Gasteiger partial charge on any atom is 1.00 e. The van der Waals surface area contributed by atoms with Gasteiger partial charge in [0.2, 0.25) is 0 Å². The minimum Gasteiger partial charge on any atom is -0.335 e. The number of hydrogen-bond donors (Lipinski definition) is 0. The Bertz CT molecular complexity index is 392. The zero-order chi connectivity index (χ0) is 8.55. The van der Waals surface area contributed by atoms with E-state index < -0.39 is 0 Å². The first-order valence-corrected chi connectivity index (χ1v) is 4.48. The number of para-hydroxylation sites is 1. The second-order valence-electron chi connectivity index (χ2n) is 2.36.